The van der Waals surface area contributed by atoms with E-state index in [0.29, 0.717) is 17.0 Å². The molecule has 24 heavy (non-hydrogen) atoms. The SMILES string of the molecule is O=C(ON1C(=O)c2ccccc2C1=O)[C@@H]1C[C@H]1c1cccc(F)c1. The minimum absolute atomic E-state index is 0.150. The van der Waals surface area contributed by atoms with Crippen molar-refractivity contribution in [2.75, 3.05) is 0 Å². The van der Waals surface area contributed by atoms with E-state index in [0.717, 1.165) is 0 Å². The molecule has 2 aliphatic rings. The highest BCUT2D eigenvalue weighted by Gasteiger charge is 2.48. The Bertz CT molecular complexity index is 844. The summed E-state index contributed by atoms with van der Waals surface area (Å²) in [5, 5.41) is 0.508. The zero-order chi connectivity index (χ0) is 16.8. The molecule has 5 nitrogen and oxygen atoms in total. The number of hydrogen-bond donors (Lipinski definition) is 0. The monoisotopic (exact) mass is 325 g/mol. The molecule has 0 N–H and O–H groups in total. The molecule has 1 fully saturated rings. The van der Waals surface area contributed by atoms with Gasteiger partial charge in [-0.15, -0.1) is 0 Å². The van der Waals surface area contributed by atoms with Crippen molar-refractivity contribution in [3.05, 3.63) is 71.0 Å². The van der Waals surface area contributed by atoms with E-state index in [-0.39, 0.29) is 22.9 Å². The Kier molecular flexibility index (Phi) is 3.19. The average molecular weight is 325 g/mol. The largest absolute Gasteiger partial charge is 0.336 e. The Morgan fingerprint density at radius 3 is 2.33 bits per heavy atom. The smallest absolute Gasteiger partial charge is 0.329 e. The van der Waals surface area contributed by atoms with Crippen LogP contribution >= 0.6 is 0 Å². The normalized spacial score (nSPS) is 21.6. The van der Waals surface area contributed by atoms with Gasteiger partial charge < -0.3 is 4.84 Å². The van der Waals surface area contributed by atoms with Crippen molar-refractivity contribution in [1.29, 1.82) is 0 Å². The van der Waals surface area contributed by atoms with Crippen LogP contribution in [-0.2, 0) is 9.63 Å². The second-order valence-corrected chi connectivity index (χ2v) is 5.86. The van der Waals surface area contributed by atoms with Crippen molar-refractivity contribution in [2.24, 2.45) is 5.92 Å². The minimum atomic E-state index is -0.654. The molecule has 0 saturated heterocycles. The molecule has 1 aliphatic heterocycles. The molecule has 2 aromatic carbocycles. The summed E-state index contributed by atoms with van der Waals surface area (Å²) in [7, 11) is 0. The topological polar surface area (TPSA) is 63.7 Å². The molecule has 0 aromatic heterocycles. The van der Waals surface area contributed by atoms with Crippen molar-refractivity contribution in [3.63, 3.8) is 0 Å². The first-order valence-electron chi connectivity index (χ1n) is 7.51. The molecule has 2 atom stereocenters. The number of benzene rings is 2. The first-order chi connectivity index (χ1) is 11.6. The van der Waals surface area contributed by atoms with Gasteiger partial charge in [-0.1, -0.05) is 29.3 Å². The zero-order valence-corrected chi connectivity index (χ0v) is 12.4. The van der Waals surface area contributed by atoms with Gasteiger partial charge in [0.05, 0.1) is 17.0 Å². The molecule has 1 saturated carbocycles. The lowest BCUT2D eigenvalue weighted by Crippen LogP contribution is -2.33. The van der Waals surface area contributed by atoms with E-state index in [9.17, 15) is 18.8 Å². The van der Waals surface area contributed by atoms with Gasteiger partial charge in [-0.3, -0.25) is 9.59 Å². The quantitative estimate of drug-likeness (QED) is 0.814. The summed E-state index contributed by atoms with van der Waals surface area (Å²) in [6, 6.07) is 12.3. The van der Waals surface area contributed by atoms with Gasteiger partial charge in [0.2, 0.25) is 0 Å². The van der Waals surface area contributed by atoms with E-state index in [1.165, 1.54) is 24.3 Å². The molecule has 1 heterocycles. The third-order valence-electron chi connectivity index (χ3n) is 4.31. The van der Waals surface area contributed by atoms with E-state index in [1.54, 1.807) is 24.3 Å². The van der Waals surface area contributed by atoms with E-state index in [2.05, 4.69) is 0 Å². The maximum Gasteiger partial charge on any atom is 0.336 e. The van der Waals surface area contributed by atoms with Gasteiger partial charge in [0.1, 0.15) is 5.82 Å². The Morgan fingerprint density at radius 1 is 1.04 bits per heavy atom. The Balaban J connectivity index is 1.47. The lowest BCUT2D eigenvalue weighted by molar-refractivity contribution is -0.170. The number of hydrogen-bond acceptors (Lipinski definition) is 4. The lowest BCUT2D eigenvalue weighted by atomic mass is 10.1. The van der Waals surface area contributed by atoms with Crippen molar-refractivity contribution in [2.45, 2.75) is 12.3 Å². The van der Waals surface area contributed by atoms with Gasteiger partial charge in [0, 0.05) is 0 Å². The lowest BCUT2D eigenvalue weighted by Gasteiger charge is -2.12. The summed E-state index contributed by atoms with van der Waals surface area (Å²) in [6.45, 7) is 0. The fourth-order valence-electron chi connectivity index (χ4n) is 2.97. The van der Waals surface area contributed by atoms with Gasteiger partial charge >= 0.3 is 5.97 Å². The average Bonchev–Trinajstić information content (AvgIpc) is 3.35. The van der Waals surface area contributed by atoms with Crippen molar-refractivity contribution in [1.82, 2.24) is 5.06 Å². The molecular formula is C18H12FNO4. The second kappa shape index (κ2) is 5.26. The third kappa shape index (κ3) is 2.27. The third-order valence-corrected chi connectivity index (χ3v) is 4.31. The van der Waals surface area contributed by atoms with Crippen LogP contribution in [0.4, 0.5) is 4.39 Å². The van der Waals surface area contributed by atoms with E-state index in [4.69, 9.17) is 4.84 Å². The number of carbonyl (C=O) groups excluding carboxylic acids is 3. The van der Waals surface area contributed by atoms with Crippen molar-refractivity contribution < 1.29 is 23.6 Å². The number of fused-ring (bicyclic) bond motifs is 1. The van der Waals surface area contributed by atoms with Gasteiger partial charge in [-0.05, 0) is 42.2 Å². The van der Waals surface area contributed by atoms with Crippen LogP contribution in [0.3, 0.4) is 0 Å². The van der Waals surface area contributed by atoms with E-state index >= 15 is 0 Å². The fourth-order valence-corrected chi connectivity index (χ4v) is 2.97. The van der Waals surface area contributed by atoms with E-state index in [1.807, 2.05) is 0 Å². The maximum absolute atomic E-state index is 13.3. The molecule has 0 spiro atoms. The number of imide groups is 1. The molecule has 1 aliphatic carbocycles. The first-order valence-corrected chi connectivity index (χ1v) is 7.51. The Labute approximate surface area is 136 Å². The number of carbonyl (C=O) groups is 3. The van der Waals surface area contributed by atoms with Gasteiger partial charge in [-0.2, -0.15) is 0 Å². The molecule has 2 aromatic rings. The predicted octanol–water partition coefficient (Wildman–Crippen LogP) is 2.68. The highest BCUT2D eigenvalue weighted by Crippen LogP contribution is 2.48. The van der Waals surface area contributed by atoms with Crippen LogP contribution in [0.25, 0.3) is 0 Å². The van der Waals surface area contributed by atoms with Crippen LogP contribution < -0.4 is 0 Å². The standard InChI is InChI=1S/C18H12FNO4/c19-11-5-3-4-10(8-11)14-9-15(14)18(23)24-20-16(21)12-6-1-2-7-13(12)17(20)22/h1-8,14-15H,9H2/t14-,15+/m0/s1. The summed E-state index contributed by atoms with van der Waals surface area (Å²) in [6.07, 6.45) is 0.505. The fraction of sp³-hybridized carbons (Fsp3) is 0.167. The number of nitrogens with zero attached hydrogens (tertiary/aromatic N) is 1. The van der Waals surface area contributed by atoms with Crippen LogP contribution in [-0.4, -0.2) is 22.8 Å². The number of rotatable bonds is 3. The van der Waals surface area contributed by atoms with Gasteiger partial charge in [0.15, 0.2) is 0 Å². The highest BCUT2D eigenvalue weighted by atomic mass is 19.1. The number of amides is 2. The van der Waals surface area contributed by atoms with Crippen LogP contribution in [0.1, 0.15) is 38.6 Å². The van der Waals surface area contributed by atoms with Gasteiger partial charge in [-0.25, -0.2) is 9.18 Å². The zero-order valence-electron chi connectivity index (χ0n) is 12.4. The second-order valence-electron chi connectivity index (χ2n) is 5.86. The number of halogens is 1. The molecule has 2 amide bonds. The molecule has 6 heteroatoms. The van der Waals surface area contributed by atoms with Crippen LogP contribution in [0, 0.1) is 11.7 Å². The molecule has 120 valence electrons. The highest BCUT2D eigenvalue weighted by molar-refractivity contribution is 6.20. The molecule has 4 rings (SSSR count). The Hall–Kier alpha value is -3.02. The molecule has 0 radical (unpaired) electrons. The summed E-state index contributed by atoms with van der Waals surface area (Å²) < 4.78 is 13.3. The van der Waals surface area contributed by atoms with Crippen LogP contribution in [0.15, 0.2) is 48.5 Å². The first kappa shape index (κ1) is 14.6. The maximum atomic E-state index is 13.3. The van der Waals surface area contributed by atoms with Crippen LogP contribution in [0.2, 0.25) is 0 Å². The molecule has 0 bridgehead atoms. The van der Waals surface area contributed by atoms with Gasteiger partial charge in [0.25, 0.3) is 11.8 Å². The molecular weight excluding hydrogens is 313 g/mol. The summed E-state index contributed by atoms with van der Waals surface area (Å²) in [5.74, 6) is -2.94. The number of hydroxylamine groups is 2. The summed E-state index contributed by atoms with van der Waals surface area (Å²) >= 11 is 0. The van der Waals surface area contributed by atoms with Crippen molar-refractivity contribution >= 4 is 17.8 Å². The molecule has 0 unspecified atom stereocenters. The minimum Gasteiger partial charge on any atom is -0.329 e. The van der Waals surface area contributed by atoms with E-state index < -0.39 is 23.7 Å². The van der Waals surface area contributed by atoms with Crippen LogP contribution in [0.5, 0.6) is 0 Å². The Morgan fingerprint density at radius 2 is 1.71 bits per heavy atom. The predicted molar refractivity (Wildman–Crippen MR) is 80.3 cm³/mol. The summed E-state index contributed by atoms with van der Waals surface area (Å²) in [5.41, 5.74) is 1.14. The summed E-state index contributed by atoms with van der Waals surface area (Å²) in [4.78, 5) is 41.6. The van der Waals surface area contributed by atoms with Crippen molar-refractivity contribution in [3.8, 4) is 0 Å².